The van der Waals surface area contributed by atoms with Crippen molar-refractivity contribution in [3.63, 3.8) is 0 Å². The largest absolute Gasteiger partial charge is 0.353 e. The van der Waals surface area contributed by atoms with Gasteiger partial charge in [-0.1, -0.05) is 0 Å². The summed E-state index contributed by atoms with van der Waals surface area (Å²) < 4.78 is 0. The second-order valence-corrected chi connectivity index (χ2v) is 3.80. The van der Waals surface area contributed by atoms with Crippen LogP contribution in [-0.4, -0.2) is 47.8 Å². The first-order chi connectivity index (χ1) is 8.06. The standard InChI is InChI=1S/C8H14Cl2N4O3/c1-6(7(15)11-4-2-9)12-8(16)14(13-17)5-3-10/h6H,2-5H2,1H3,(H,11,15)(H,12,16)/t6-/m0/s1. The first-order valence-corrected chi connectivity index (χ1v) is 5.94. The zero-order valence-corrected chi connectivity index (χ0v) is 10.8. The molecule has 17 heavy (non-hydrogen) atoms. The Bertz CT molecular complexity index is 277. The second-order valence-electron chi connectivity index (χ2n) is 3.04. The number of carbonyl (C=O) groups excluding carboxylic acids is 2. The first-order valence-electron chi connectivity index (χ1n) is 4.87. The van der Waals surface area contributed by atoms with E-state index in [1.807, 2.05) is 0 Å². The van der Waals surface area contributed by atoms with Crippen molar-refractivity contribution in [3.05, 3.63) is 4.91 Å². The van der Waals surface area contributed by atoms with E-state index in [1.54, 1.807) is 0 Å². The van der Waals surface area contributed by atoms with E-state index in [1.165, 1.54) is 6.92 Å². The molecule has 3 amide bonds. The van der Waals surface area contributed by atoms with Gasteiger partial charge < -0.3 is 10.6 Å². The maximum Gasteiger partial charge on any atom is 0.341 e. The van der Waals surface area contributed by atoms with E-state index in [-0.39, 0.29) is 18.3 Å². The van der Waals surface area contributed by atoms with E-state index < -0.39 is 18.0 Å². The number of carbonyl (C=O) groups is 2. The molecule has 7 nitrogen and oxygen atoms in total. The molecule has 1 atom stereocenters. The highest BCUT2D eigenvalue weighted by Gasteiger charge is 2.19. The molecule has 0 aliphatic carbocycles. The normalized spacial score (nSPS) is 11.5. The minimum Gasteiger partial charge on any atom is -0.353 e. The van der Waals surface area contributed by atoms with E-state index in [2.05, 4.69) is 15.9 Å². The summed E-state index contributed by atoms with van der Waals surface area (Å²) in [5.41, 5.74) is 0. The number of nitroso groups, excluding NO2 is 1. The van der Waals surface area contributed by atoms with Crippen LogP contribution in [0.5, 0.6) is 0 Å². The predicted molar refractivity (Wildman–Crippen MR) is 64.9 cm³/mol. The Morgan fingerprint density at radius 2 is 2.00 bits per heavy atom. The highest BCUT2D eigenvalue weighted by molar-refractivity contribution is 6.18. The lowest BCUT2D eigenvalue weighted by Gasteiger charge is -2.17. The Balaban J connectivity index is 4.17. The molecule has 98 valence electrons. The summed E-state index contributed by atoms with van der Waals surface area (Å²) in [4.78, 5) is 33.1. The summed E-state index contributed by atoms with van der Waals surface area (Å²) in [6.07, 6.45) is 0. The number of nitrogens with one attached hydrogen (secondary N) is 2. The molecule has 0 bridgehead atoms. The molecule has 0 unspecified atom stereocenters. The van der Waals surface area contributed by atoms with Gasteiger partial charge in [-0.15, -0.1) is 28.1 Å². The minimum atomic E-state index is -0.787. The predicted octanol–water partition coefficient (Wildman–Crippen LogP) is 0.662. The molecule has 0 aromatic rings. The van der Waals surface area contributed by atoms with Crippen LogP contribution in [0.3, 0.4) is 0 Å². The monoisotopic (exact) mass is 284 g/mol. The van der Waals surface area contributed by atoms with Crippen molar-refractivity contribution in [2.24, 2.45) is 5.29 Å². The van der Waals surface area contributed by atoms with Gasteiger partial charge in [0.25, 0.3) is 0 Å². The summed E-state index contributed by atoms with van der Waals surface area (Å²) in [6.45, 7) is 1.76. The molecule has 0 aliphatic heterocycles. The van der Waals surface area contributed by atoms with Crippen molar-refractivity contribution in [2.45, 2.75) is 13.0 Å². The Morgan fingerprint density at radius 1 is 1.35 bits per heavy atom. The molecule has 0 aliphatic rings. The summed E-state index contributed by atoms with van der Waals surface area (Å²) in [5, 5.41) is 7.89. The summed E-state index contributed by atoms with van der Waals surface area (Å²) >= 11 is 10.8. The summed E-state index contributed by atoms with van der Waals surface area (Å²) in [6, 6.07) is -1.56. The molecule has 0 radical (unpaired) electrons. The molecule has 0 rings (SSSR count). The van der Waals surface area contributed by atoms with E-state index in [0.29, 0.717) is 11.6 Å². The van der Waals surface area contributed by atoms with Crippen molar-refractivity contribution >= 4 is 35.1 Å². The topological polar surface area (TPSA) is 90.9 Å². The van der Waals surface area contributed by atoms with Crippen LogP contribution in [0.4, 0.5) is 4.79 Å². The average Bonchev–Trinajstić information content (AvgIpc) is 2.32. The number of amides is 3. The van der Waals surface area contributed by atoms with Gasteiger partial charge in [0.15, 0.2) is 0 Å². The number of halogens is 2. The SMILES string of the molecule is C[C@H](NC(=O)N(CCCl)N=O)C(=O)NCCCl. The van der Waals surface area contributed by atoms with Gasteiger partial charge in [0.1, 0.15) is 6.04 Å². The fourth-order valence-electron chi connectivity index (χ4n) is 0.908. The molecule has 0 aromatic heterocycles. The Hall–Kier alpha value is -1.08. The fourth-order valence-corrected chi connectivity index (χ4v) is 1.16. The molecule has 0 saturated heterocycles. The van der Waals surface area contributed by atoms with Crippen LogP contribution in [0, 0.1) is 4.91 Å². The van der Waals surface area contributed by atoms with E-state index in [9.17, 15) is 14.5 Å². The van der Waals surface area contributed by atoms with Crippen LogP contribution < -0.4 is 10.6 Å². The Labute approximate surface area is 109 Å². The van der Waals surface area contributed by atoms with Crippen LogP contribution in [0.25, 0.3) is 0 Å². The fraction of sp³-hybridized carbons (Fsp3) is 0.750. The van der Waals surface area contributed by atoms with Crippen LogP contribution in [0.15, 0.2) is 5.29 Å². The third-order valence-corrected chi connectivity index (χ3v) is 2.11. The van der Waals surface area contributed by atoms with Gasteiger partial charge in [-0.3, -0.25) is 4.79 Å². The highest BCUT2D eigenvalue weighted by Crippen LogP contribution is 1.94. The summed E-state index contributed by atoms with van der Waals surface area (Å²) in [5.74, 6) is -0.0390. The van der Waals surface area contributed by atoms with Crippen molar-refractivity contribution in [1.29, 1.82) is 0 Å². The molecular formula is C8H14Cl2N4O3. The van der Waals surface area contributed by atoms with Gasteiger partial charge in [0, 0.05) is 18.3 Å². The lowest BCUT2D eigenvalue weighted by Crippen LogP contribution is -2.49. The van der Waals surface area contributed by atoms with Crippen LogP contribution in [0.2, 0.25) is 0 Å². The van der Waals surface area contributed by atoms with E-state index in [4.69, 9.17) is 23.2 Å². The molecule has 0 fully saturated rings. The number of hydrogen-bond acceptors (Lipinski definition) is 4. The molecule has 0 heterocycles. The van der Waals surface area contributed by atoms with Gasteiger partial charge in [-0.05, 0) is 6.92 Å². The van der Waals surface area contributed by atoms with E-state index >= 15 is 0 Å². The molecule has 2 N–H and O–H groups in total. The number of nitrogens with zero attached hydrogens (tertiary/aromatic N) is 2. The van der Waals surface area contributed by atoms with Gasteiger partial charge in [0.05, 0.1) is 11.8 Å². The molecule has 9 heteroatoms. The van der Waals surface area contributed by atoms with Crippen molar-refractivity contribution in [2.75, 3.05) is 24.8 Å². The highest BCUT2D eigenvalue weighted by atomic mass is 35.5. The minimum absolute atomic E-state index is 0.0209. The number of alkyl halides is 2. The maximum absolute atomic E-state index is 11.4. The maximum atomic E-state index is 11.4. The summed E-state index contributed by atoms with van der Waals surface area (Å²) in [7, 11) is 0. The lowest BCUT2D eigenvalue weighted by molar-refractivity contribution is -0.122. The van der Waals surface area contributed by atoms with Crippen molar-refractivity contribution in [3.8, 4) is 0 Å². The van der Waals surface area contributed by atoms with Gasteiger partial charge in [0.2, 0.25) is 5.91 Å². The average molecular weight is 285 g/mol. The number of hydrogen-bond donors (Lipinski definition) is 2. The molecule has 0 saturated carbocycles. The molecular weight excluding hydrogens is 271 g/mol. The third kappa shape index (κ3) is 6.28. The molecule has 0 spiro atoms. The smallest absolute Gasteiger partial charge is 0.341 e. The third-order valence-electron chi connectivity index (χ3n) is 1.76. The zero-order chi connectivity index (χ0) is 13.3. The van der Waals surface area contributed by atoms with E-state index in [0.717, 1.165) is 0 Å². The van der Waals surface area contributed by atoms with Crippen molar-refractivity contribution < 1.29 is 9.59 Å². The van der Waals surface area contributed by atoms with Crippen LogP contribution in [0.1, 0.15) is 6.92 Å². The number of urea groups is 1. The van der Waals surface area contributed by atoms with Crippen LogP contribution >= 0.6 is 23.2 Å². The second kappa shape index (κ2) is 9.00. The van der Waals surface area contributed by atoms with Crippen LogP contribution in [-0.2, 0) is 4.79 Å². The quantitative estimate of drug-likeness (QED) is 0.409. The first kappa shape index (κ1) is 15.9. The van der Waals surface area contributed by atoms with Gasteiger partial charge in [-0.25, -0.2) is 4.79 Å². The Kier molecular flexibility index (Phi) is 8.43. The number of rotatable bonds is 7. The lowest BCUT2D eigenvalue weighted by atomic mass is 10.3. The van der Waals surface area contributed by atoms with Gasteiger partial charge >= 0.3 is 6.03 Å². The van der Waals surface area contributed by atoms with Crippen molar-refractivity contribution in [1.82, 2.24) is 15.6 Å². The Morgan fingerprint density at radius 3 is 2.47 bits per heavy atom. The molecule has 0 aromatic carbocycles. The zero-order valence-electron chi connectivity index (χ0n) is 9.28. The van der Waals surface area contributed by atoms with Gasteiger partial charge in [-0.2, -0.15) is 5.01 Å².